The first kappa shape index (κ1) is 25.2. The van der Waals surface area contributed by atoms with Crippen molar-refractivity contribution < 1.29 is 18.3 Å². The van der Waals surface area contributed by atoms with Crippen molar-refractivity contribution in [2.24, 2.45) is 0 Å². The maximum absolute atomic E-state index is 13.9. The Labute approximate surface area is 201 Å². The lowest BCUT2D eigenvalue weighted by Crippen LogP contribution is -2.37. The van der Waals surface area contributed by atoms with Crippen LogP contribution in [0, 0.1) is 18.6 Å². The summed E-state index contributed by atoms with van der Waals surface area (Å²) in [6.45, 7) is 3.18. The number of ether oxygens (including phenoxy) is 1. The summed E-state index contributed by atoms with van der Waals surface area (Å²) in [5, 5.41) is -0.212. The third kappa shape index (κ3) is 5.36. The van der Waals surface area contributed by atoms with E-state index in [1.807, 2.05) is 21.0 Å². The Morgan fingerprint density at radius 1 is 1.29 bits per heavy atom. The van der Waals surface area contributed by atoms with Crippen LogP contribution in [0.1, 0.15) is 18.3 Å². The van der Waals surface area contributed by atoms with Gasteiger partial charge in [0.1, 0.15) is 34.9 Å². The van der Waals surface area contributed by atoms with Gasteiger partial charge >= 0.3 is 0 Å². The summed E-state index contributed by atoms with van der Waals surface area (Å²) < 4.78 is 33.9. The van der Waals surface area contributed by atoms with Gasteiger partial charge in [-0.3, -0.25) is 19.1 Å². The van der Waals surface area contributed by atoms with Gasteiger partial charge in [0.05, 0.1) is 11.9 Å². The smallest absolute Gasteiger partial charge is 0.277 e. The summed E-state index contributed by atoms with van der Waals surface area (Å²) in [6.07, 6.45) is 7.51. The Hall–Kier alpha value is -3.46. The zero-order valence-electron chi connectivity index (χ0n) is 19.5. The molecule has 0 amide bonds. The number of hydrogen-bond acceptors (Lipinski definition) is 6. The van der Waals surface area contributed by atoms with Crippen LogP contribution >= 0.6 is 11.6 Å². The molecular weight excluding hydrogens is 466 g/mol. The summed E-state index contributed by atoms with van der Waals surface area (Å²) in [7, 11) is 5.41. The molecule has 2 aromatic rings. The van der Waals surface area contributed by atoms with E-state index in [0.29, 0.717) is 17.5 Å². The lowest BCUT2D eigenvalue weighted by molar-refractivity contribution is -0.117. The van der Waals surface area contributed by atoms with Crippen molar-refractivity contribution in [1.29, 1.82) is 0 Å². The van der Waals surface area contributed by atoms with E-state index < -0.39 is 23.2 Å². The number of carbonyl (C=O) groups excluding carboxylic acids is 1. The number of allylic oxidation sites excluding steroid dienone is 2. The summed E-state index contributed by atoms with van der Waals surface area (Å²) in [5.74, 6) is -1.77. The van der Waals surface area contributed by atoms with E-state index in [2.05, 4.69) is 4.98 Å². The van der Waals surface area contributed by atoms with Crippen LogP contribution in [0.4, 0.5) is 8.78 Å². The number of likely N-dealkylation sites (N-methyl/N-ethyl adjacent to an activating group) is 1. The molecule has 7 nitrogen and oxygen atoms in total. The number of ketones is 1. The van der Waals surface area contributed by atoms with E-state index in [1.54, 1.807) is 48.3 Å². The van der Waals surface area contributed by atoms with Crippen LogP contribution in [0.5, 0.6) is 5.75 Å². The number of hydrogen-bond donors (Lipinski definition) is 0. The molecule has 0 aromatic carbocycles. The first-order valence-corrected chi connectivity index (χ1v) is 10.7. The van der Waals surface area contributed by atoms with Gasteiger partial charge in [0.15, 0.2) is 11.6 Å². The third-order valence-electron chi connectivity index (χ3n) is 5.17. The fraction of sp³-hybridized carbons (Fsp3) is 0.292. The van der Waals surface area contributed by atoms with E-state index >= 15 is 0 Å². The number of aryl methyl sites for hydroxylation is 1. The van der Waals surface area contributed by atoms with Crippen molar-refractivity contribution in [3.05, 3.63) is 86.9 Å². The third-order valence-corrected chi connectivity index (χ3v) is 5.52. The van der Waals surface area contributed by atoms with Crippen molar-refractivity contribution in [1.82, 2.24) is 19.4 Å². The van der Waals surface area contributed by atoms with Crippen molar-refractivity contribution in [3.8, 4) is 5.75 Å². The summed E-state index contributed by atoms with van der Waals surface area (Å²) in [6, 6.07) is 1.63. The predicted octanol–water partition coefficient (Wildman–Crippen LogP) is 3.77. The number of nitrogens with zero attached hydrogens (tertiary/aromatic N) is 4. The van der Waals surface area contributed by atoms with Gasteiger partial charge in [-0.2, -0.15) is 0 Å². The molecule has 0 spiro atoms. The molecule has 34 heavy (non-hydrogen) atoms. The Balaban J connectivity index is 1.95. The molecule has 1 aliphatic heterocycles. The average Bonchev–Trinajstić information content (AvgIpc) is 2.76. The molecule has 180 valence electrons. The van der Waals surface area contributed by atoms with E-state index in [4.69, 9.17) is 16.3 Å². The Bertz CT molecular complexity index is 1270. The molecule has 1 aliphatic rings. The second-order valence-electron chi connectivity index (χ2n) is 8.13. The Morgan fingerprint density at radius 3 is 2.65 bits per heavy atom. The number of pyridine rings is 2. The standard InChI is InChI=1S/C24H25ClF2N4O3/c1-14-12-30(5)20(21(32)6-7-29(3)4)10-19(14)31-15(2)8-22(23(25)24(31)33)34-13-18-17(27)9-16(26)11-28-18/h6-12,20H,13H2,1-5H3/b7-6+/t20-/m1/s1. The quantitative estimate of drug-likeness (QED) is 0.550. The number of halogens is 3. The highest BCUT2D eigenvalue weighted by Gasteiger charge is 2.25. The zero-order valence-corrected chi connectivity index (χ0v) is 20.2. The Morgan fingerprint density at radius 2 is 2.00 bits per heavy atom. The average molecular weight is 491 g/mol. The maximum atomic E-state index is 13.9. The molecule has 1 atom stereocenters. The summed E-state index contributed by atoms with van der Waals surface area (Å²) in [5.41, 5.74) is 1.11. The van der Waals surface area contributed by atoms with Gasteiger partial charge in [0.2, 0.25) is 0 Å². The largest absolute Gasteiger partial charge is 0.485 e. The van der Waals surface area contributed by atoms with Crippen molar-refractivity contribution in [2.75, 3.05) is 21.1 Å². The van der Waals surface area contributed by atoms with Crippen LogP contribution in [-0.4, -0.2) is 52.3 Å². The monoisotopic (exact) mass is 490 g/mol. The van der Waals surface area contributed by atoms with Crippen LogP contribution in [-0.2, 0) is 11.4 Å². The second-order valence-corrected chi connectivity index (χ2v) is 8.51. The van der Waals surface area contributed by atoms with Gasteiger partial charge < -0.3 is 14.5 Å². The van der Waals surface area contributed by atoms with E-state index in [0.717, 1.165) is 11.8 Å². The van der Waals surface area contributed by atoms with Crippen molar-refractivity contribution >= 4 is 23.1 Å². The molecule has 0 aliphatic carbocycles. The molecule has 0 fully saturated rings. The minimum Gasteiger partial charge on any atom is -0.485 e. The molecule has 3 rings (SSSR count). The zero-order chi connectivity index (χ0) is 25.2. The minimum absolute atomic E-state index is 0.0441. The number of rotatable bonds is 7. The van der Waals surface area contributed by atoms with Crippen LogP contribution < -0.4 is 10.3 Å². The van der Waals surface area contributed by atoms with Gasteiger partial charge in [-0.1, -0.05) is 11.6 Å². The van der Waals surface area contributed by atoms with Crippen LogP contribution in [0.15, 0.2) is 53.2 Å². The summed E-state index contributed by atoms with van der Waals surface area (Å²) in [4.78, 5) is 33.1. The lowest BCUT2D eigenvalue weighted by atomic mass is 10.0. The molecule has 0 saturated carbocycles. The van der Waals surface area contributed by atoms with Crippen LogP contribution in [0.3, 0.4) is 0 Å². The number of carbonyl (C=O) groups is 1. The van der Waals surface area contributed by atoms with E-state index in [9.17, 15) is 18.4 Å². The van der Waals surface area contributed by atoms with Gasteiger partial charge in [-0.05, 0) is 31.6 Å². The molecule has 0 N–H and O–H groups in total. The second kappa shape index (κ2) is 10.2. The first-order valence-electron chi connectivity index (χ1n) is 10.4. The van der Waals surface area contributed by atoms with Crippen LogP contribution in [0.2, 0.25) is 5.02 Å². The number of aromatic nitrogens is 2. The molecule has 0 saturated heterocycles. The fourth-order valence-corrected chi connectivity index (χ4v) is 3.68. The van der Waals surface area contributed by atoms with Crippen LogP contribution in [0.25, 0.3) is 5.70 Å². The van der Waals surface area contributed by atoms with Gasteiger partial charge in [-0.15, -0.1) is 0 Å². The molecular formula is C24H25ClF2N4O3. The van der Waals surface area contributed by atoms with Gasteiger partial charge in [0, 0.05) is 51.4 Å². The van der Waals surface area contributed by atoms with Crippen molar-refractivity contribution in [3.63, 3.8) is 0 Å². The van der Waals surface area contributed by atoms with E-state index in [1.165, 1.54) is 10.6 Å². The molecule has 0 radical (unpaired) electrons. The highest BCUT2D eigenvalue weighted by Crippen LogP contribution is 2.29. The maximum Gasteiger partial charge on any atom is 0.277 e. The molecule has 3 heterocycles. The summed E-state index contributed by atoms with van der Waals surface area (Å²) >= 11 is 6.31. The molecule has 0 unspecified atom stereocenters. The molecule has 0 bridgehead atoms. The fourth-order valence-electron chi connectivity index (χ4n) is 3.49. The van der Waals surface area contributed by atoms with E-state index in [-0.39, 0.29) is 28.9 Å². The Kier molecular flexibility index (Phi) is 7.56. The lowest BCUT2D eigenvalue weighted by Gasteiger charge is -2.30. The minimum atomic E-state index is -0.863. The molecule has 2 aromatic heterocycles. The van der Waals surface area contributed by atoms with Gasteiger partial charge in [0.25, 0.3) is 5.56 Å². The highest BCUT2D eigenvalue weighted by atomic mass is 35.5. The topological polar surface area (TPSA) is 67.7 Å². The highest BCUT2D eigenvalue weighted by molar-refractivity contribution is 6.31. The SMILES string of the molecule is CC1=CN(C)[C@@H](C(=O)/C=C/N(C)C)C=C1n1c(C)cc(OCc2ncc(F)cc2F)c(Cl)c1=O. The van der Waals surface area contributed by atoms with Gasteiger partial charge in [-0.25, -0.2) is 8.78 Å². The molecule has 10 heteroatoms. The normalized spacial score (nSPS) is 15.9. The predicted molar refractivity (Wildman–Crippen MR) is 126 cm³/mol. The van der Waals surface area contributed by atoms with Crippen molar-refractivity contribution in [2.45, 2.75) is 26.5 Å². The first-order chi connectivity index (χ1) is 16.0.